The molecule has 0 saturated carbocycles. The molecule has 1 aliphatic heterocycles. The number of hydrogen-bond donors (Lipinski definition) is 9. The van der Waals surface area contributed by atoms with Crippen LogP contribution in [0.4, 0.5) is 0 Å². The summed E-state index contributed by atoms with van der Waals surface area (Å²) >= 11 is 0. The molecule has 0 aliphatic carbocycles. The van der Waals surface area contributed by atoms with Crippen molar-refractivity contribution in [1.82, 2.24) is 0 Å². The van der Waals surface area contributed by atoms with E-state index in [-0.39, 0.29) is 33.6 Å². The van der Waals surface area contributed by atoms with Crippen LogP contribution in [0, 0.1) is 0 Å². The zero-order valence-corrected chi connectivity index (χ0v) is 26.6. The van der Waals surface area contributed by atoms with Crippen molar-refractivity contribution in [3.63, 3.8) is 0 Å². The van der Waals surface area contributed by atoms with Crippen LogP contribution >= 0.6 is 0 Å². The highest BCUT2D eigenvalue weighted by Gasteiger charge is 2.46. The van der Waals surface area contributed by atoms with E-state index in [1.807, 2.05) is 0 Å². The molecular formula is C36H30O16. The minimum atomic E-state index is -1.89. The number of carboxylic acid groups (broad SMARTS) is 2. The van der Waals surface area contributed by atoms with E-state index in [0.29, 0.717) is 0 Å². The molecule has 52 heavy (non-hydrogen) atoms. The lowest BCUT2D eigenvalue weighted by atomic mass is 9.86. The SMILES string of the molecule is O=C(/C=C/c1ccc(O)c(O)c1)O[C@H](Cc1ccc(O)c2c1[C@H](C(=O)O[C@H](Cc1ccc(O)c(O)c1)C(=O)O)[C@@H](c1ccc(O)c(O)c1)O2)C(=O)O. The Labute approximate surface area is 292 Å². The van der Waals surface area contributed by atoms with Crippen molar-refractivity contribution in [3.8, 4) is 46.0 Å². The van der Waals surface area contributed by atoms with Gasteiger partial charge in [-0.05, 0) is 70.8 Å². The summed E-state index contributed by atoms with van der Waals surface area (Å²) < 4.78 is 16.6. The third kappa shape index (κ3) is 7.86. The zero-order chi connectivity index (χ0) is 37.9. The number of carbonyl (C=O) groups excluding carboxylic acids is 2. The first-order valence-electron chi connectivity index (χ1n) is 15.2. The summed E-state index contributed by atoms with van der Waals surface area (Å²) in [6.07, 6.45) is -4.21. The first kappa shape index (κ1) is 36.2. The summed E-state index contributed by atoms with van der Waals surface area (Å²) in [5.41, 5.74) is 0.344. The first-order chi connectivity index (χ1) is 24.6. The molecule has 270 valence electrons. The van der Waals surface area contributed by atoms with Gasteiger partial charge in [-0.2, -0.15) is 0 Å². The number of phenolic OH excluding ortho intramolecular Hbond substituents is 7. The number of fused-ring (bicyclic) bond motifs is 1. The second kappa shape index (κ2) is 14.8. The molecule has 0 fully saturated rings. The third-order valence-electron chi connectivity index (χ3n) is 8.05. The summed E-state index contributed by atoms with van der Waals surface area (Å²) in [7, 11) is 0. The fourth-order valence-electron chi connectivity index (χ4n) is 5.51. The molecule has 0 unspecified atom stereocenters. The van der Waals surface area contributed by atoms with E-state index in [1.54, 1.807) is 0 Å². The molecule has 1 heterocycles. The second-order valence-electron chi connectivity index (χ2n) is 11.6. The highest BCUT2D eigenvalue weighted by Crippen LogP contribution is 2.53. The van der Waals surface area contributed by atoms with E-state index < -0.39 is 101 Å². The molecule has 0 spiro atoms. The third-order valence-corrected chi connectivity index (χ3v) is 8.05. The van der Waals surface area contributed by atoms with Crippen LogP contribution in [-0.4, -0.2) is 82.0 Å². The fraction of sp³-hybridized carbons (Fsp3) is 0.167. The second-order valence-corrected chi connectivity index (χ2v) is 11.6. The van der Waals surface area contributed by atoms with Gasteiger partial charge >= 0.3 is 23.9 Å². The van der Waals surface area contributed by atoms with Crippen molar-refractivity contribution >= 4 is 30.0 Å². The predicted molar refractivity (Wildman–Crippen MR) is 175 cm³/mol. The highest BCUT2D eigenvalue weighted by molar-refractivity contribution is 5.90. The molecule has 4 aromatic rings. The number of aliphatic carboxylic acids is 2. The van der Waals surface area contributed by atoms with Gasteiger partial charge in [0.15, 0.2) is 46.0 Å². The number of ether oxygens (including phenoxy) is 3. The Morgan fingerprint density at radius 3 is 1.85 bits per heavy atom. The van der Waals surface area contributed by atoms with Gasteiger partial charge in [0.1, 0.15) is 12.0 Å². The molecule has 4 aromatic carbocycles. The molecule has 16 heteroatoms. The maximum atomic E-state index is 14.0. The summed E-state index contributed by atoms with van der Waals surface area (Å²) in [6.45, 7) is 0. The molecule has 16 nitrogen and oxygen atoms in total. The van der Waals surface area contributed by atoms with E-state index in [1.165, 1.54) is 36.4 Å². The topological polar surface area (TPSA) is 278 Å². The van der Waals surface area contributed by atoms with E-state index in [4.69, 9.17) is 14.2 Å². The van der Waals surface area contributed by atoms with Gasteiger partial charge in [0.2, 0.25) is 12.2 Å². The number of esters is 2. The van der Waals surface area contributed by atoms with E-state index >= 15 is 0 Å². The Morgan fingerprint density at radius 1 is 0.654 bits per heavy atom. The largest absolute Gasteiger partial charge is 0.504 e. The normalized spacial score (nSPS) is 16.0. The van der Waals surface area contributed by atoms with Gasteiger partial charge in [-0.1, -0.05) is 24.3 Å². The Kier molecular flexibility index (Phi) is 10.3. The number of aromatic hydroxyl groups is 7. The molecule has 1 aliphatic rings. The number of carbonyl (C=O) groups is 4. The number of rotatable bonds is 12. The fourth-order valence-corrected chi connectivity index (χ4v) is 5.51. The molecule has 9 N–H and O–H groups in total. The molecular weight excluding hydrogens is 688 g/mol. The Bertz CT molecular complexity index is 2090. The van der Waals surface area contributed by atoms with Crippen LogP contribution in [0.25, 0.3) is 6.08 Å². The standard InChI is InChI=1S/C36H30O16/c37-20-6-1-16(11-24(20)41)3-10-29(44)50-28(35(47)48)15-18-4-9-23(40)33-30(18)31(32(52-33)19-5-8-22(39)26(43)14-19)36(49)51-27(34(45)46)13-17-2-7-21(38)25(42)12-17/h1-12,14,27-28,31-32,37-43H,13,15H2,(H,45,46)(H,47,48)/b10-3+/t27-,28-,31+,32-/m1/s1. The molecule has 0 aromatic heterocycles. The average molecular weight is 719 g/mol. The summed E-state index contributed by atoms with van der Waals surface area (Å²) in [5.74, 6) is -11.1. The van der Waals surface area contributed by atoms with Gasteiger partial charge < -0.3 is 60.2 Å². The predicted octanol–water partition coefficient (Wildman–Crippen LogP) is 3.33. The van der Waals surface area contributed by atoms with Crippen LogP contribution in [0.3, 0.4) is 0 Å². The molecule has 0 amide bonds. The van der Waals surface area contributed by atoms with Crippen LogP contribution in [0.2, 0.25) is 0 Å². The van der Waals surface area contributed by atoms with Gasteiger partial charge in [-0.3, -0.25) is 4.79 Å². The van der Waals surface area contributed by atoms with E-state index in [9.17, 15) is 65.1 Å². The molecule has 0 radical (unpaired) electrons. The van der Waals surface area contributed by atoms with Crippen molar-refractivity contribution in [2.24, 2.45) is 0 Å². The Hall–Kier alpha value is -7.10. The van der Waals surface area contributed by atoms with Gasteiger partial charge in [0, 0.05) is 24.5 Å². The minimum absolute atomic E-state index is 0.00298. The van der Waals surface area contributed by atoms with Crippen LogP contribution < -0.4 is 4.74 Å². The van der Waals surface area contributed by atoms with Crippen LogP contribution in [0.1, 0.15) is 39.8 Å². The van der Waals surface area contributed by atoms with E-state index in [0.717, 1.165) is 42.5 Å². The lowest BCUT2D eigenvalue weighted by Gasteiger charge is -2.22. The number of benzene rings is 4. The Balaban J connectivity index is 1.49. The van der Waals surface area contributed by atoms with Crippen molar-refractivity contribution in [1.29, 1.82) is 0 Å². The molecule has 4 atom stereocenters. The first-order valence-corrected chi connectivity index (χ1v) is 15.2. The van der Waals surface area contributed by atoms with Crippen molar-refractivity contribution in [2.45, 2.75) is 37.1 Å². The quantitative estimate of drug-likeness (QED) is 0.0577. The van der Waals surface area contributed by atoms with Crippen molar-refractivity contribution in [2.75, 3.05) is 0 Å². The van der Waals surface area contributed by atoms with Crippen molar-refractivity contribution < 1.29 is 79.3 Å². The Morgan fingerprint density at radius 2 is 1.23 bits per heavy atom. The monoisotopic (exact) mass is 718 g/mol. The summed E-state index contributed by atoms with van der Waals surface area (Å²) in [4.78, 5) is 51.2. The summed E-state index contributed by atoms with van der Waals surface area (Å²) in [6, 6.07) is 12.9. The average Bonchev–Trinajstić information content (AvgIpc) is 3.50. The van der Waals surface area contributed by atoms with Crippen LogP contribution in [-0.2, 0) is 41.5 Å². The van der Waals surface area contributed by atoms with Gasteiger partial charge in [-0.25, -0.2) is 14.4 Å². The lowest BCUT2D eigenvalue weighted by molar-refractivity contribution is -0.166. The summed E-state index contributed by atoms with van der Waals surface area (Å²) in [5, 5.41) is 89.4. The molecule has 0 saturated heterocycles. The zero-order valence-electron chi connectivity index (χ0n) is 26.6. The maximum Gasteiger partial charge on any atom is 0.345 e. The smallest absolute Gasteiger partial charge is 0.345 e. The van der Waals surface area contributed by atoms with Gasteiger partial charge in [0.05, 0.1) is 0 Å². The number of carboxylic acids is 2. The van der Waals surface area contributed by atoms with E-state index in [2.05, 4.69) is 0 Å². The molecule has 0 bridgehead atoms. The lowest BCUT2D eigenvalue weighted by Crippen LogP contribution is -2.33. The number of phenols is 7. The van der Waals surface area contributed by atoms with Gasteiger partial charge in [-0.15, -0.1) is 0 Å². The maximum absolute atomic E-state index is 14.0. The number of hydrogen-bond acceptors (Lipinski definition) is 14. The van der Waals surface area contributed by atoms with Gasteiger partial charge in [0.25, 0.3) is 0 Å². The van der Waals surface area contributed by atoms with Crippen molar-refractivity contribution in [3.05, 3.63) is 101 Å². The van der Waals surface area contributed by atoms with Crippen LogP contribution in [0.5, 0.6) is 46.0 Å². The molecule has 5 rings (SSSR count). The minimum Gasteiger partial charge on any atom is -0.504 e. The highest BCUT2D eigenvalue weighted by atomic mass is 16.6. The van der Waals surface area contributed by atoms with Crippen LogP contribution in [0.15, 0.2) is 72.8 Å².